The molecule has 0 aliphatic rings. The second kappa shape index (κ2) is 7.17. The van der Waals surface area contributed by atoms with E-state index >= 15 is 0 Å². The Balaban J connectivity index is 2.35. The lowest BCUT2D eigenvalue weighted by atomic mass is 9.99. The molecule has 94 valence electrons. The first kappa shape index (κ1) is 13.8. The second-order valence-electron chi connectivity index (χ2n) is 4.35. The SMILES string of the molecule is CCCC(CNCc1ccc(F)cc1)C(C)=O. The van der Waals surface area contributed by atoms with Crippen molar-refractivity contribution in [2.24, 2.45) is 5.92 Å². The first-order chi connectivity index (χ1) is 8.13. The van der Waals surface area contributed by atoms with Gasteiger partial charge in [-0.1, -0.05) is 25.5 Å². The number of halogens is 1. The van der Waals surface area contributed by atoms with Crippen LogP contribution in [-0.2, 0) is 11.3 Å². The molecule has 0 aliphatic carbocycles. The normalized spacial score (nSPS) is 12.4. The number of nitrogens with one attached hydrogen (secondary N) is 1. The van der Waals surface area contributed by atoms with Crippen molar-refractivity contribution in [1.82, 2.24) is 5.32 Å². The summed E-state index contributed by atoms with van der Waals surface area (Å²) in [5.74, 6) is 0.111. The van der Waals surface area contributed by atoms with E-state index in [1.165, 1.54) is 12.1 Å². The second-order valence-corrected chi connectivity index (χ2v) is 4.35. The van der Waals surface area contributed by atoms with Gasteiger partial charge in [0, 0.05) is 19.0 Å². The van der Waals surface area contributed by atoms with Gasteiger partial charge in [0.2, 0.25) is 0 Å². The topological polar surface area (TPSA) is 29.1 Å². The number of rotatable bonds is 7. The van der Waals surface area contributed by atoms with Gasteiger partial charge in [0.05, 0.1) is 0 Å². The molecule has 0 aliphatic heterocycles. The molecule has 0 saturated carbocycles. The van der Waals surface area contributed by atoms with Crippen LogP contribution in [0.1, 0.15) is 32.3 Å². The van der Waals surface area contributed by atoms with Gasteiger partial charge in [0.1, 0.15) is 11.6 Å². The number of hydrogen-bond donors (Lipinski definition) is 1. The molecular formula is C14H20FNO. The minimum atomic E-state index is -0.221. The average molecular weight is 237 g/mol. The zero-order chi connectivity index (χ0) is 12.7. The number of Topliss-reactive ketones (excluding diaryl/α,β-unsaturated/α-hetero) is 1. The van der Waals surface area contributed by atoms with E-state index in [9.17, 15) is 9.18 Å². The van der Waals surface area contributed by atoms with E-state index in [1.807, 2.05) is 0 Å². The summed E-state index contributed by atoms with van der Waals surface area (Å²) >= 11 is 0. The predicted octanol–water partition coefficient (Wildman–Crippen LogP) is 2.92. The fourth-order valence-electron chi connectivity index (χ4n) is 1.79. The van der Waals surface area contributed by atoms with Crippen LogP contribution < -0.4 is 5.32 Å². The van der Waals surface area contributed by atoms with Crippen LogP contribution in [-0.4, -0.2) is 12.3 Å². The molecule has 1 rings (SSSR count). The minimum absolute atomic E-state index is 0.0976. The van der Waals surface area contributed by atoms with E-state index < -0.39 is 0 Å². The Morgan fingerprint density at radius 3 is 2.53 bits per heavy atom. The van der Waals surface area contributed by atoms with Crippen LogP contribution in [0.2, 0.25) is 0 Å². The standard InChI is InChI=1S/C14H20FNO/c1-3-4-13(11(2)17)10-16-9-12-5-7-14(15)8-6-12/h5-8,13,16H,3-4,9-10H2,1-2H3. The Morgan fingerprint density at radius 1 is 1.35 bits per heavy atom. The molecule has 3 heteroatoms. The molecule has 0 heterocycles. The number of carbonyl (C=O) groups is 1. The van der Waals surface area contributed by atoms with Crippen LogP contribution in [0.5, 0.6) is 0 Å². The van der Waals surface area contributed by atoms with Crippen molar-refractivity contribution in [3.8, 4) is 0 Å². The van der Waals surface area contributed by atoms with E-state index in [0.29, 0.717) is 13.1 Å². The van der Waals surface area contributed by atoms with Crippen molar-refractivity contribution < 1.29 is 9.18 Å². The van der Waals surface area contributed by atoms with Crippen molar-refractivity contribution in [3.63, 3.8) is 0 Å². The quantitative estimate of drug-likeness (QED) is 0.790. The van der Waals surface area contributed by atoms with Crippen LogP contribution in [0, 0.1) is 11.7 Å². The molecular weight excluding hydrogens is 217 g/mol. The molecule has 0 aromatic heterocycles. The van der Waals surface area contributed by atoms with Crippen molar-refractivity contribution >= 4 is 5.78 Å². The van der Waals surface area contributed by atoms with Gasteiger partial charge >= 0.3 is 0 Å². The minimum Gasteiger partial charge on any atom is -0.312 e. The van der Waals surface area contributed by atoms with E-state index in [2.05, 4.69) is 12.2 Å². The lowest BCUT2D eigenvalue weighted by Gasteiger charge is -2.13. The van der Waals surface area contributed by atoms with Crippen molar-refractivity contribution in [2.45, 2.75) is 33.2 Å². The number of carbonyl (C=O) groups excluding carboxylic acids is 1. The van der Waals surface area contributed by atoms with Crippen LogP contribution in [0.3, 0.4) is 0 Å². The first-order valence-corrected chi connectivity index (χ1v) is 6.09. The van der Waals surface area contributed by atoms with E-state index in [4.69, 9.17) is 0 Å². The Labute approximate surface area is 102 Å². The predicted molar refractivity (Wildman–Crippen MR) is 67.2 cm³/mol. The molecule has 0 amide bonds. The van der Waals surface area contributed by atoms with E-state index in [1.54, 1.807) is 19.1 Å². The van der Waals surface area contributed by atoms with Crippen LogP contribution in [0.15, 0.2) is 24.3 Å². The lowest BCUT2D eigenvalue weighted by molar-refractivity contribution is -0.120. The molecule has 0 saturated heterocycles. The highest BCUT2D eigenvalue weighted by atomic mass is 19.1. The molecule has 2 nitrogen and oxygen atoms in total. The summed E-state index contributed by atoms with van der Waals surface area (Å²) in [7, 11) is 0. The maximum absolute atomic E-state index is 12.7. The smallest absolute Gasteiger partial charge is 0.134 e. The maximum atomic E-state index is 12.7. The van der Waals surface area contributed by atoms with Gasteiger partial charge in [-0.15, -0.1) is 0 Å². The highest BCUT2D eigenvalue weighted by Gasteiger charge is 2.11. The third kappa shape index (κ3) is 5.09. The fourth-order valence-corrected chi connectivity index (χ4v) is 1.79. The Bertz CT molecular complexity index is 348. The summed E-state index contributed by atoms with van der Waals surface area (Å²) in [6.07, 6.45) is 1.94. The summed E-state index contributed by atoms with van der Waals surface area (Å²) < 4.78 is 12.7. The van der Waals surface area contributed by atoms with Crippen molar-refractivity contribution in [2.75, 3.05) is 6.54 Å². The Hall–Kier alpha value is -1.22. The van der Waals surface area contributed by atoms with Crippen LogP contribution in [0.25, 0.3) is 0 Å². The zero-order valence-electron chi connectivity index (χ0n) is 10.5. The highest BCUT2D eigenvalue weighted by Crippen LogP contribution is 2.07. The van der Waals surface area contributed by atoms with Crippen LogP contribution in [0.4, 0.5) is 4.39 Å². The van der Waals surface area contributed by atoms with E-state index in [-0.39, 0.29) is 17.5 Å². The monoisotopic (exact) mass is 237 g/mol. The largest absolute Gasteiger partial charge is 0.312 e. The van der Waals surface area contributed by atoms with Crippen LogP contribution >= 0.6 is 0 Å². The Morgan fingerprint density at radius 2 is 2.00 bits per heavy atom. The number of hydrogen-bond acceptors (Lipinski definition) is 2. The van der Waals surface area contributed by atoms with Gasteiger partial charge in [-0.2, -0.15) is 0 Å². The zero-order valence-corrected chi connectivity index (χ0v) is 10.5. The van der Waals surface area contributed by atoms with Crippen molar-refractivity contribution in [1.29, 1.82) is 0 Å². The molecule has 0 fully saturated rings. The van der Waals surface area contributed by atoms with Gasteiger partial charge in [0.25, 0.3) is 0 Å². The number of benzene rings is 1. The third-order valence-electron chi connectivity index (χ3n) is 2.85. The first-order valence-electron chi connectivity index (χ1n) is 6.09. The summed E-state index contributed by atoms with van der Waals surface area (Å²) in [6.45, 7) is 5.09. The number of ketones is 1. The third-order valence-corrected chi connectivity index (χ3v) is 2.85. The lowest BCUT2D eigenvalue weighted by Crippen LogP contribution is -2.26. The summed E-state index contributed by atoms with van der Waals surface area (Å²) in [5, 5.41) is 3.24. The van der Waals surface area contributed by atoms with Crippen molar-refractivity contribution in [3.05, 3.63) is 35.6 Å². The van der Waals surface area contributed by atoms with Gasteiger partial charge in [-0.3, -0.25) is 4.79 Å². The average Bonchev–Trinajstić information content (AvgIpc) is 2.30. The van der Waals surface area contributed by atoms with Gasteiger partial charge in [-0.05, 0) is 31.0 Å². The molecule has 0 spiro atoms. The van der Waals surface area contributed by atoms with Gasteiger partial charge in [-0.25, -0.2) is 4.39 Å². The molecule has 1 aromatic rings. The Kier molecular flexibility index (Phi) is 5.84. The molecule has 0 bridgehead atoms. The molecule has 1 N–H and O–H groups in total. The molecule has 1 aromatic carbocycles. The highest BCUT2D eigenvalue weighted by molar-refractivity contribution is 5.78. The summed E-state index contributed by atoms with van der Waals surface area (Å²) in [4.78, 5) is 11.3. The molecule has 17 heavy (non-hydrogen) atoms. The van der Waals surface area contributed by atoms with E-state index in [0.717, 1.165) is 18.4 Å². The molecule has 0 radical (unpaired) electrons. The fraction of sp³-hybridized carbons (Fsp3) is 0.500. The summed E-state index contributed by atoms with van der Waals surface area (Å²) in [6, 6.07) is 6.41. The molecule has 1 unspecified atom stereocenters. The summed E-state index contributed by atoms with van der Waals surface area (Å²) in [5.41, 5.74) is 1.03. The van der Waals surface area contributed by atoms with Gasteiger partial charge < -0.3 is 5.32 Å². The van der Waals surface area contributed by atoms with Gasteiger partial charge in [0.15, 0.2) is 0 Å². The maximum Gasteiger partial charge on any atom is 0.134 e. The molecule has 1 atom stereocenters.